The number of hydrogen-bond donors (Lipinski definition) is 2. The van der Waals surface area contributed by atoms with Gasteiger partial charge in [-0.2, -0.15) is 13.2 Å². The minimum atomic E-state index is -4.51. The van der Waals surface area contributed by atoms with Crippen LogP contribution in [0.25, 0.3) is 0 Å². The molecular formula is C15H21F3N4O2. The number of nitrogens with zero attached hydrogens (tertiary/aromatic N) is 2. The van der Waals surface area contributed by atoms with E-state index in [1.807, 2.05) is 0 Å². The summed E-state index contributed by atoms with van der Waals surface area (Å²) >= 11 is 0. The first-order valence-corrected chi connectivity index (χ1v) is 7.70. The van der Waals surface area contributed by atoms with Gasteiger partial charge < -0.3 is 15.4 Å². The first-order valence-electron chi connectivity index (χ1n) is 7.70. The smallest absolute Gasteiger partial charge is 0.434 e. The summed E-state index contributed by atoms with van der Waals surface area (Å²) in [6.45, 7) is 5.32. The molecule has 1 aromatic rings. The zero-order valence-corrected chi connectivity index (χ0v) is 13.8. The molecule has 6 nitrogen and oxygen atoms in total. The maximum absolute atomic E-state index is 12.5. The van der Waals surface area contributed by atoms with Crippen molar-refractivity contribution >= 4 is 11.9 Å². The van der Waals surface area contributed by atoms with Crippen molar-refractivity contribution in [1.82, 2.24) is 15.3 Å². The number of carbonyl (C=O) groups is 1. The monoisotopic (exact) mass is 346 g/mol. The predicted octanol–water partition coefficient (Wildman–Crippen LogP) is 3.35. The van der Waals surface area contributed by atoms with E-state index >= 15 is 0 Å². The number of aromatic nitrogens is 2. The molecule has 1 fully saturated rings. The summed E-state index contributed by atoms with van der Waals surface area (Å²) in [6, 6.07) is -0.313. The lowest BCUT2D eigenvalue weighted by Gasteiger charge is -2.25. The maximum atomic E-state index is 12.5. The van der Waals surface area contributed by atoms with E-state index in [1.165, 1.54) is 0 Å². The summed E-state index contributed by atoms with van der Waals surface area (Å²) in [4.78, 5) is 19.0. The molecule has 1 aliphatic rings. The molecule has 0 aromatic carbocycles. The fraction of sp³-hybridized carbons (Fsp3) is 0.667. The lowest BCUT2D eigenvalue weighted by atomic mass is 10.1. The molecule has 2 atom stereocenters. The molecule has 134 valence electrons. The minimum absolute atomic E-state index is 0.136. The Balaban J connectivity index is 1.95. The molecule has 1 saturated carbocycles. The van der Waals surface area contributed by atoms with Gasteiger partial charge >= 0.3 is 12.3 Å². The van der Waals surface area contributed by atoms with Crippen LogP contribution in [0.4, 0.5) is 23.8 Å². The normalized spacial score (nSPS) is 21.4. The quantitative estimate of drug-likeness (QED) is 0.878. The zero-order chi connectivity index (χ0) is 18.0. The van der Waals surface area contributed by atoms with Gasteiger partial charge in [-0.3, -0.25) is 0 Å². The van der Waals surface area contributed by atoms with Crippen molar-refractivity contribution in [1.29, 1.82) is 0 Å². The van der Waals surface area contributed by atoms with Crippen LogP contribution >= 0.6 is 0 Å². The van der Waals surface area contributed by atoms with Gasteiger partial charge in [-0.1, -0.05) is 0 Å². The molecule has 2 N–H and O–H groups in total. The lowest BCUT2D eigenvalue weighted by molar-refractivity contribution is -0.141. The Bertz CT molecular complexity index is 570. The third-order valence-corrected chi connectivity index (χ3v) is 3.49. The molecule has 24 heavy (non-hydrogen) atoms. The van der Waals surface area contributed by atoms with E-state index in [2.05, 4.69) is 20.6 Å². The van der Waals surface area contributed by atoms with E-state index in [0.29, 0.717) is 6.20 Å². The predicted molar refractivity (Wildman–Crippen MR) is 81.5 cm³/mol. The summed E-state index contributed by atoms with van der Waals surface area (Å²) in [5, 5.41) is 5.82. The second kappa shape index (κ2) is 6.82. The number of alkyl halides is 3. The number of rotatable bonds is 3. The highest BCUT2D eigenvalue weighted by atomic mass is 19.4. The summed E-state index contributed by atoms with van der Waals surface area (Å²) in [7, 11) is 0. The third-order valence-electron chi connectivity index (χ3n) is 3.49. The molecule has 0 radical (unpaired) electrons. The lowest BCUT2D eigenvalue weighted by Crippen LogP contribution is -2.45. The van der Waals surface area contributed by atoms with Crippen LogP contribution in [0.1, 0.15) is 45.7 Å². The first kappa shape index (κ1) is 18.3. The van der Waals surface area contributed by atoms with Crippen molar-refractivity contribution in [3.63, 3.8) is 0 Å². The van der Waals surface area contributed by atoms with E-state index in [-0.39, 0.29) is 17.9 Å². The second-order valence-corrected chi connectivity index (χ2v) is 6.72. The fourth-order valence-electron chi connectivity index (χ4n) is 2.50. The van der Waals surface area contributed by atoms with Gasteiger partial charge in [0, 0.05) is 6.04 Å². The fourth-order valence-corrected chi connectivity index (χ4v) is 2.50. The molecule has 2 rings (SSSR count). The Labute approximate surface area is 138 Å². The van der Waals surface area contributed by atoms with Gasteiger partial charge in [-0.15, -0.1) is 0 Å². The van der Waals surface area contributed by atoms with Crippen molar-refractivity contribution in [3.8, 4) is 0 Å². The number of alkyl carbamates (subject to hydrolysis) is 1. The van der Waals surface area contributed by atoms with Crippen LogP contribution in [0.15, 0.2) is 12.4 Å². The summed E-state index contributed by atoms with van der Waals surface area (Å²) < 4.78 is 42.7. The van der Waals surface area contributed by atoms with Crippen molar-refractivity contribution in [3.05, 3.63) is 18.1 Å². The Morgan fingerprint density at radius 2 is 1.83 bits per heavy atom. The third kappa shape index (κ3) is 5.24. The molecule has 0 bridgehead atoms. The molecule has 1 heterocycles. The number of hydrogen-bond acceptors (Lipinski definition) is 5. The van der Waals surface area contributed by atoms with Crippen molar-refractivity contribution < 1.29 is 22.7 Å². The van der Waals surface area contributed by atoms with Gasteiger partial charge in [0.05, 0.1) is 18.4 Å². The topological polar surface area (TPSA) is 76.1 Å². The van der Waals surface area contributed by atoms with Crippen LogP contribution in [0.5, 0.6) is 0 Å². The highest BCUT2D eigenvalue weighted by Gasteiger charge is 2.33. The largest absolute Gasteiger partial charge is 0.444 e. The maximum Gasteiger partial charge on any atom is 0.434 e. The van der Waals surface area contributed by atoms with Gasteiger partial charge in [0.25, 0.3) is 0 Å². The molecule has 0 saturated heterocycles. The van der Waals surface area contributed by atoms with E-state index in [9.17, 15) is 18.0 Å². The molecule has 9 heteroatoms. The molecule has 1 amide bonds. The number of carbonyl (C=O) groups excluding carboxylic acids is 1. The molecular weight excluding hydrogens is 325 g/mol. The molecule has 1 aliphatic carbocycles. The van der Waals surface area contributed by atoms with E-state index < -0.39 is 23.6 Å². The van der Waals surface area contributed by atoms with Crippen LogP contribution < -0.4 is 10.6 Å². The average Bonchev–Trinajstić information content (AvgIpc) is 2.83. The second-order valence-electron chi connectivity index (χ2n) is 6.72. The summed E-state index contributed by atoms with van der Waals surface area (Å²) in [5.41, 5.74) is -1.63. The van der Waals surface area contributed by atoms with Gasteiger partial charge in [0.15, 0.2) is 5.69 Å². The highest BCUT2D eigenvalue weighted by Crippen LogP contribution is 2.28. The van der Waals surface area contributed by atoms with Crippen molar-refractivity contribution in [2.24, 2.45) is 0 Å². The Morgan fingerprint density at radius 3 is 2.38 bits per heavy atom. The van der Waals surface area contributed by atoms with Crippen LogP contribution in [-0.2, 0) is 10.9 Å². The van der Waals surface area contributed by atoms with Gasteiger partial charge in [0.2, 0.25) is 0 Å². The first-order chi connectivity index (χ1) is 11.0. The van der Waals surface area contributed by atoms with Gasteiger partial charge in [0.1, 0.15) is 11.4 Å². The van der Waals surface area contributed by atoms with Crippen LogP contribution in [-0.4, -0.2) is 33.7 Å². The Hall–Kier alpha value is -2.06. The Kier molecular flexibility index (Phi) is 5.19. The summed E-state index contributed by atoms with van der Waals surface area (Å²) in [6.07, 6.45) is -0.890. The van der Waals surface area contributed by atoms with Crippen LogP contribution in [0.3, 0.4) is 0 Å². The van der Waals surface area contributed by atoms with Crippen LogP contribution in [0.2, 0.25) is 0 Å². The number of halogens is 3. The highest BCUT2D eigenvalue weighted by molar-refractivity contribution is 5.68. The number of ether oxygens (including phenoxy) is 1. The van der Waals surface area contributed by atoms with Crippen molar-refractivity contribution in [2.75, 3.05) is 5.32 Å². The minimum Gasteiger partial charge on any atom is -0.444 e. The average molecular weight is 346 g/mol. The molecule has 1 aromatic heterocycles. The number of anilines is 1. The molecule has 0 aliphatic heterocycles. The number of amides is 1. The van der Waals surface area contributed by atoms with Crippen molar-refractivity contribution in [2.45, 2.75) is 63.9 Å². The van der Waals surface area contributed by atoms with Gasteiger partial charge in [-0.05, 0) is 40.0 Å². The van der Waals surface area contributed by atoms with E-state index in [4.69, 9.17) is 4.74 Å². The Morgan fingerprint density at radius 1 is 1.17 bits per heavy atom. The summed E-state index contributed by atoms with van der Waals surface area (Å²) in [5.74, 6) is 0.242. The number of nitrogens with one attached hydrogen (secondary N) is 2. The van der Waals surface area contributed by atoms with E-state index in [1.54, 1.807) is 20.8 Å². The standard InChI is InChI=1S/C15H21F3N4O2/c1-14(2,3)24-13(23)22-10-6-4-5-9(10)21-12-8-19-11(7-20-12)15(16,17)18/h7-10H,4-6H2,1-3H3,(H,20,21)(H,22,23)/t9-,10?/m0/s1. The molecule has 1 unspecified atom stereocenters. The SMILES string of the molecule is CC(C)(C)OC(=O)NC1CCC[C@@H]1Nc1cnc(C(F)(F)F)cn1. The van der Waals surface area contributed by atoms with E-state index in [0.717, 1.165) is 25.5 Å². The molecule has 0 spiro atoms. The van der Waals surface area contributed by atoms with Gasteiger partial charge in [-0.25, -0.2) is 14.8 Å². The van der Waals surface area contributed by atoms with Crippen LogP contribution in [0, 0.1) is 0 Å². The zero-order valence-electron chi connectivity index (χ0n) is 13.8.